The highest BCUT2D eigenvalue weighted by Gasteiger charge is 2.63. The van der Waals surface area contributed by atoms with Gasteiger partial charge in [-0.3, -0.25) is 28.5 Å². The first kappa shape index (κ1) is 41.2. The third-order valence-corrected chi connectivity index (χ3v) is 14.7. The number of anilines is 1. The second-order valence-electron chi connectivity index (χ2n) is 17.4. The fourth-order valence-electron chi connectivity index (χ4n) is 8.61. The molecule has 3 amide bonds. The minimum absolute atomic E-state index is 0.0558. The van der Waals surface area contributed by atoms with Gasteiger partial charge >= 0.3 is 0 Å². The molecule has 8 rings (SSSR count). The van der Waals surface area contributed by atoms with E-state index in [1.807, 2.05) is 103 Å². The Morgan fingerprint density at radius 2 is 1.70 bits per heavy atom. The largest absolute Gasteiger partial charge is 0.459 e. The molecule has 2 aliphatic carbocycles. The fraction of sp³-hybridized carbons (Fsp3) is 0.457. The van der Waals surface area contributed by atoms with Crippen molar-refractivity contribution < 1.29 is 32.3 Å². The van der Waals surface area contributed by atoms with Gasteiger partial charge in [0.2, 0.25) is 21.8 Å². The average molecular weight is 835 g/mol. The quantitative estimate of drug-likeness (QED) is 0.117. The van der Waals surface area contributed by atoms with Gasteiger partial charge in [0, 0.05) is 36.1 Å². The van der Waals surface area contributed by atoms with Crippen molar-refractivity contribution in [1.29, 1.82) is 0 Å². The lowest BCUT2D eigenvalue weighted by Gasteiger charge is -2.30. The molecule has 0 spiro atoms. The van der Waals surface area contributed by atoms with Crippen LogP contribution in [0.1, 0.15) is 101 Å². The van der Waals surface area contributed by atoms with Gasteiger partial charge in [-0.2, -0.15) is 4.98 Å². The van der Waals surface area contributed by atoms with Gasteiger partial charge in [-0.15, -0.1) is 0 Å². The Labute approximate surface area is 351 Å². The molecule has 0 radical (unpaired) electrons. The predicted octanol–water partition coefficient (Wildman–Crippen LogP) is 6.27. The number of imidazole rings is 1. The number of para-hydroxylation sites is 2. The first-order valence-electron chi connectivity index (χ1n) is 21.2. The number of carbonyl (C=O) groups is 4. The van der Waals surface area contributed by atoms with E-state index in [0.717, 1.165) is 42.5 Å². The Kier molecular flexibility index (Phi) is 11.4. The summed E-state index contributed by atoms with van der Waals surface area (Å²) in [6.45, 7) is 5.66. The number of nitrogens with zero attached hydrogens (tertiary/aromatic N) is 3. The normalized spacial score (nSPS) is 25.9. The van der Waals surface area contributed by atoms with E-state index >= 15 is 0 Å². The highest BCUT2D eigenvalue weighted by molar-refractivity contribution is 7.91. The third kappa shape index (κ3) is 8.30. The molecule has 4 aliphatic rings. The van der Waals surface area contributed by atoms with E-state index in [1.54, 1.807) is 13.0 Å². The third-order valence-electron chi connectivity index (χ3n) is 12.6. The first-order chi connectivity index (χ1) is 28.8. The van der Waals surface area contributed by atoms with Gasteiger partial charge in [-0.25, -0.2) is 8.42 Å². The number of sulfonamides is 1. The van der Waals surface area contributed by atoms with Crippen molar-refractivity contribution in [2.45, 2.75) is 119 Å². The molecule has 2 aliphatic heterocycles. The number of Topliss-reactive ketones (excluding diaryl/α,β-unsaturated/α-hetero) is 1. The molecular formula is C46H54N6O7S. The van der Waals surface area contributed by atoms with Crippen LogP contribution in [0, 0.1) is 5.92 Å². The Morgan fingerprint density at radius 3 is 2.42 bits per heavy atom. The molecule has 316 valence electrons. The molecule has 60 heavy (non-hydrogen) atoms. The summed E-state index contributed by atoms with van der Waals surface area (Å²) in [5.41, 5.74) is 1.88. The van der Waals surface area contributed by atoms with Gasteiger partial charge in [0.1, 0.15) is 29.2 Å². The van der Waals surface area contributed by atoms with Crippen LogP contribution in [0.3, 0.4) is 0 Å². The SMILES string of the molecule is CC(C)n1c(O[C@@H]2C[C@H]3C(=O)N[C@]4(C(=O)NS(=O)(=O)C5(C)CC5)C[C@H]4/C=C\CCCCC[C@H](Nc4ccccc4)C(=O)N3C2)nc2c(C(=O)Cc3ccccc3)cccc21. The monoisotopic (exact) mass is 834 g/mol. The lowest BCUT2D eigenvalue weighted by Crippen LogP contribution is -2.58. The Balaban J connectivity index is 1.12. The summed E-state index contributed by atoms with van der Waals surface area (Å²) < 4.78 is 36.4. The number of allylic oxidation sites excluding steroid dienone is 1. The predicted molar refractivity (Wildman–Crippen MR) is 229 cm³/mol. The first-order valence-corrected chi connectivity index (χ1v) is 22.7. The van der Waals surface area contributed by atoms with Crippen LogP contribution in [0.5, 0.6) is 6.01 Å². The summed E-state index contributed by atoms with van der Waals surface area (Å²) in [5, 5.41) is 6.39. The van der Waals surface area contributed by atoms with Crippen LogP contribution in [-0.4, -0.2) is 81.4 Å². The summed E-state index contributed by atoms with van der Waals surface area (Å²) in [4.78, 5) is 63.6. The van der Waals surface area contributed by atoms with Gasteiger partial charge in [0.15, 0.2) is 5.78 Å². The van der Waals surface area contributed by atoms with Crippen LogP contribution in [0.2, 0.25) is 0 Å². The van der Waals surface area contributed by atoms with Crippen molar-refractivity contribution in [3.63, 3.8) is 0 Å². The van der Waals surface area contributed by atoms with Gasteiger partial charge < -0.3 is 20.3 Å². The molecule has 3 heterocycles. The van der Waals surface area contributed by atoms with Crippen molar-refractivity contribution in [2.24, 2.45) is 5.92 Å². The molecule has 3 N–H and O–H groups in total. The van der Waals surface area contributed by atoms with E-state index in [1.165, 1.54) is 4.90 Å². The molecule has 1 saturated heterocycles. The van der Waals surface area contributed by atoms with E-state index in [9.17, 15) is 27.6 Å². The highest BCUT2D eigenvalue weighted by Crippen LogP contribution is 2.47. The average Bonchev–Trinajstić information content (AvgIpc) is 4.05. The minimum Gasteiger partial charge on any atom is -0.459 e. The van der Waals surface area contributed by atoms with Crippen molar-refractivity contribution in [1.82, 2.24) is 24.5 Å². The molecule has 13 nitrogen and oxygen atoms in total. The number of nitrogens with one attached hydrogen (secondary N) is 3. The standard InChI is InChI=1S/C46H54N6O7S/c1-30(2)52-37-23-15-21-35(39(53)26-31-16-9-7-10-17-31)40(37)48-44(52)59-34-27-38-41(54)49-46(43(56)50-60(57,58)45(3)24-25-45)28-32(46)18-11-5-4-6-14-22-36(42(55)51(38)29-34)47-33-19-12-8-13-20-33/h7-13,15-21,23,30,32,34,36,38,47H,4-6,14,22,24-29H2,1-3H3,(H,49,54)(H,50,56)/b18-11-/t32-,34-,36+,38+,46-/m1/s1. The zero-order valence-electron chi connectivity index (χ0n) is 34.4. The molecule has 3 aromatic carbocycles. The molecule has 5 atom stereocenters. The Morgan fingerprint density at radius 1 is 0.967 bits per heavy atom. The van der Waals surface area contributed by atoms with Crippen molar-refractivity contribution in [2.75, 3.05) is 11.9 Å². The van der Waals surface area contributed by atoms with Crippen LogP contribution in [0.4, 0.5) is 5.69 Å². The summed E-state index contributed by atoms with van der Waals surface area (Å²) >= 11 is 0. The maximum absolute atomic E-state index is 14.8. The topological polar surface area (TPSA) is 169 Å². The van der Waals surface area contributed by atoms with Crippen LogP contribution in [0.15, 0.2) is 91.0 Å². The number of fused-ring (bicyclic) bond motifs is 3. The van der Waals surface area contributed by atoms with Gasteiger partial charge in [-0.1, -0.05) is 79.6 Å². The number of ketones is 1. The number of carbonyl (C=O) groups excluding carboxylic acids is 4. The van der Waals surface area contributed by atoms with E-state index in [4.69, 9.17) is 9.72 Å². The summed E-state index contributed by atoms with van der Waals surface area (Å²) in [6, 6.07) is 23.0. The second-order valence-corrected chi connectivity index (χ2v) is 19.6. The molecule has 4 aromatic rings. The van der Waals surface area contributed by atoms with Crippen LogP contribution in [-0.2, 0) is 30.8 Å². The zero-order chi connectivity index (χ0) is 42.2. The number of rotatable bonds is 11. The van der Waals surface area contributed by atoms with E-state index in [0.29, 0.717) is 30.3 Å². The maximum atomic E-state index is 14.8. The molecule has 0 bridgehead atoms. The molecule has 14 heteroatoms. The Hall–Kier alpha value is -5.50. The summed E-state index contributed by atoms with van der Waals surface area (Å²) in [5.74, 6) is -2.10. The van der Waals surface area contributed by atoms with E-state index < -0.39 is 56.2 Å². The lowest BCUT2D eigenvalue weighted by atomic mass is 10.0. The smallest absolute Gasteiger partial charge is 0.297 e. The second kappa shape index (κ2) is 16.5. The van der Waals surface area contributed by atoms with Gasteiger partial charge in [-0.05, 0) is 89.1 Å². The molecule has 0 unspecified atom stereocenters. The van der Waals surface area contributed by atoms with Crippen molar-refractivity contribution in [3.8, 4) is 6.01 Å². The molecular weight excluding hydrogens is 781 g/mol. The van der Waals surface area contributed by atoms with E-state index in [2.05, 4.69) is 15.4 Å². The highest BCUT2D eigenvalue weighted by atomic mass is 32.2. The van der Waals surface area contributed by atoms with E-state index in [-0.39, 0.29) is 49.5 Å². The van der Waals surface area contributed by atoms with Crippen LogP contribution >= 0.6 is 0 Å². The number of ether oxygens (including phenoxy) is 1. The lowest BCUT2D eigenvalue weighted by molar-refractivity contribution is -0.140. The minimum atomic E-state index is -3.98. The summed E-state index contributed by atoms with van der Waals surface area (Å²) in [7, 11) is -3.98. The fourth-order valence-corrected chi connectivity index (χ4v) is 9.92. The number of hydrogen-bond donors (Lipinski definition) is 3. The number of aromatic nitrogens is 2. The van der Waals surface area contributed by atoms with Gasteiger partial charge in [0.05, 0.1) is 16.8 Å². The summed E-state index contributed by atoms with van der Waals surface area (Å²) in [6.07, 6.45) is 8.44. The zero-order valence-corrected chi connectivity index (χ0v) is 35.2. The van der Waals surface area contributed by atoms with Crippen LogP contribution in [0.25, 0.3) is 11.0 Å². The van der Waals surface area contributed by atoms with Crippen LogP contribution < -0.4 is 20.1 Å². The molecule has 2 saturated carbocycles. The number of hydrogen-bond acceptors (Lipinski definition) is 9. The molecule has 1 aromatic heterocycles. The maximum Gasteiger partial charge on any atom is 0.297 e. The number of amides is 3. The Bertz CT molecular complexity index is 2410. The number of benzene rings is 3. The van der Waals surface area contributed by atoms with Crippen molar-refractivity contribution in [3.05, 3.63) is 102 Å². The van der Waals surface area contributed by atoms with Crippen molar-refractivity contribution >= 4 is 50.2 Å². The molecule has 3 fully saturated rings. The van der Waals surface area contributed by atoms with Gasteiger partial charge in [0.25, 0.3) is 11.9 Å².